The van der Waals surface area contributed by atoms with Crippen LogP contribution in [0, 0.1) is 0 Å². The maximum absolute atomic E-state index is 13.1. The number of carbonyl (C=O) groups is 1. The van der Waals surface area contributed by atoms with Crippen molar-refractivity contribution in [1.29, 1.82) is 0 Å². The molecule has 27 heavy (non-hydrogen) atoms. The van der Waals surface area contributed by atoms with E-state index in [2.05, 4.69) is 36.1 Å². The van der Waals surface area contributed by atoms with Gasteiger partial charge in [-0.05, 0) is 31.0 Å². The Kier molecular flexibility index (Phi) is 6.35. The third-order valence-corrected chi connectivity index (χ3v) is 5.22. The van der Waals surface area contributed by atoms with Crippen LogP contribution in [0.5, 0.6) is 11.5 Å². The van der Waals surface area contributed by atoms with Gasteiger partial charge < -0.3 is 14.4 Å². The molecule has 0 radical (unpaired) electrons. The van der Waals surface area contributed by atoms with Crippen LogP contribution in [0.1, 0.15) is 22.8 Å². The molecule has 3 rings (SSSR count). The maximum atomic E-state index is 13.1. The van der Waals surface area contributed by atoms with Crippen molar-refractivity contribution in [3.63, 3.8) is 0 Å². The molecule has 5 heteroatoms. The quantitative estimate of drug-likeness (QED) is 0.786. The average molecular weight is 368 g/mol. The highest BCUT2D eigenvalue weighted by molar-refractivity contribution is 5.99. The number of methoxy groups -OCH3 is 2. The molecular weight excluding hydrogens is 340 g/mol. The Morgan fingerprint density at radius 3 is 2.26 bits per heavy atom. The van der Waals surface area contributed by atoms with E-state index in [1.54, 1.807) is 26.4 Å². The largest absolute Gasteiger partial charge is 0.496 e. The molecule has 1 fully saturated rings. The molecule has 5 nitrogen and oxygen atoms in total. The van der Waals surface area contributed by atoms with Crippen molar-refractivity contribution in [3.05, 3.63) is 59.7 Å². The van der Waals surface area contributed by atoms with Crippen LogP contribution in [0.25, 0.3) is 0 Å². The van der Waals surface area contributed by atoms with E-state index in [1.807, 2.05) is 17.0 Å². The number of piperazine rings is 1. The van der Waals surface area contributed by atoms with E-state index in [-0.39, 0.29) is 5.91 Å². The summed E-state index contributed by atoms with van der Waals surface area (Å²) in [7, 11) is 3.16. The van der Waals surface area contributed by atoms with E-state index in [9.17, 15) is 4.79 Å². The van der Waals surface area contributed by atoms with E-state index in [0.717, 1.165) is 19.5 Å². The molecule has 144 valence electrons. The van der Waals surface area contributed by atoms with Crippen molar-refractivity contribution in [1.82, 2.24) is 9.80 Å². The number of carbonyl (C=O) groups excluding carboxylic acids is 1. The SMILES string of the molecule is COc1cccc(OC)c1C(=O)N1CCN(CCc2ccccc2)C(C)C1. The minimum absolute atomic E-state index is 0.0288. The third kappa shape index (κ3) is 4.42. The second kappa shape index (κ2) is 8.91. The van der Waals surface area contributed by atoms with Crippen LogP contribution in [0.15, 0.2) is 48.5 Å². The fraction of sp³-hybridized carbons (Fsp3) is 0.409. The summed E-state index contributed by atoms with van der Waals surface area (Å²) in [5.41, 5.74) is 1.86. The van der Waals surface area contributed by atoms with E-state index < -0.39 is 0 Å². The molecule has 0 spiro atoms. The van der Waals surface area contributed by atoms with Crippen molar-refractivity contribution >= 4 is 5.91 Å². The predicted molar refractivity (Wildman–Crippen MR) is 107 cm³/mol. The Labute approximate surface area is 161 Å². The Morgan fingerprint density at radius 1 is 1.00 bits per heavy atom. The fourth-order valence-corrected chi connectivity index (χ4v) is 3.65. The molecule has 2 aromatic carbocycles. The summed E-state index contributed by atoms with van der Waals surface area (Å²) in [6.45, 7) is 5.47. The van der Waals surface area contributed by atoms with E-state index >= 15 is 0 Å². The Morgan fingerprint density at radius 2 is 1.67 bits per heavy atom. The zero-order chi connectivity index (χ0) is 19.2. The van der Waals surface area contributed by atoms with Crippen molar-refractivity contribution in [2.24, 2.45) is 0 Å². The lowest BCUT2D eigenvalue weighted by molar-refractivity contribution is 0.0512. The molecule has 2 aromatic rings. The van der Waals surface area contributed by atoms with Gasteiger partial charge in [-0.2, -0.15) is 0 Å². The van der Waals surface area contributed by atoms with Gasteiger partial charge in [0.15, 0.2) is 0 Å². The molecule has 0 saturated carbocycles. The number of hydrogen-bond acceptors (Lipinski definition) is 4. The summed E-state index contributed by atoms with van der Waals surface area (Å²) in [5.74, 6) is 1.08. The van der Waals surface area contributed by atoms with Gasteiger partial charge in [-0.3, -0.25) is 9.69 Å². The summed E-state index contributed by atoms with van der Waals surface area (Å²) < 4.78 is 10.8. The zero-order valence-corrected chi connectivity index (χ0v) is 16.4. The van der Waals surface area contributed by atoms with Crippen LogP contribution in [0.4, 0.5) is 0 Å². The van der Waals surface area contributed by atoms with Gasteiger partial charge in [0.1, 0.15) is 17.1 Å². The van der Waals surface area contributed by atoms with Gasteiger partial charge in [-0.1, -0.05) is 36.4 Å². The maximum Gasteiger partial charge on any atom is 0.261 e. The Bertz CT molecular complexity index is 741. The van der Waals surface area contributed by atoms with Gasteiger partial charge in [-0.15, -0.1) is 0 Å². The fourth-order valence-electron chi connectivity index (χ4n) is 3.65. The van der Waals surface area contributed by atoms with Crippen molar-refractivity contribution in [2.75, 3.05) is 40.4 Å². The molecule has 0 aromatic heterocycles. The highest BCUT2D eigenvalue weighted by atomic mass is 16.5. The van der Waals surface area contributed by atoms with Crippen molar-refractivity contribution in [3.8, 4) is 11.5 Å². The van der Waals surface area contributed by atoms with Gasteiger partial charge in [0.05, 0.1) is 14.2 Å². The molecule has 0 N–H and O–H groups in total. The first-order valence-electron chi connectivity index (χ1n) is 9.42. The number of benzene rings is 2. The minimum atomic E-state index is -0.0288. The van der Waals surface area contributed by atoms with E-state index in [4.69, 9.17) is 9.47 Å². The number of hydrogen-bond donors (Lipinski definition) is 0. The van der Waals surface area contributed by atoms with Crippen LogP contribution in [0.3, 0.4) is 0 Å². The van der Waals surface area contributed by atoms with E-state index in [1.165, 1.54) is 5.56 Å². The van der Waals surface area contributed by atoms with Crippen LogP contribution >= 0.6 is 0 Å². The highest BCUT2D eigenvalue weighted by Gasteiger charge is 2.30. The molecule has 1 saturated heterocycles. The predicted octanol–water partition coefficient (Wildman–Crippen LogP) is 3.09. The topological polar surface area (TPSA) is 42.0 Å². The first-order chi connectivity index (χ1) is 13.1. The smallest absolute Gasteiger partial charge is 0.261 e. The number of nitrogens with zero attached hydrogens (tertiary/aromatic N) is 2. The van der Waals surface area contributed by atoms with Crippen LogP contribution in [-0.4, -0.2) is 62.1 Å². The lowest BCUT2D eigenvalue weighted by atomic mass is 10.1. The standard InChI is InChI=1S/C22H28N2O3/c1-17-16-24(15-14-23(17)13-12-18-8-5-4-6-9-18)22(25)21-19(26-2)10-7-11-20(21)27-3/h4-11,17H,12-16H2,1-3H3. The molecule has 0 aliphatic carbocycles. The van der Waals surface area contributed by atoms with Crippen LogP contribution < -0.4 is 9.47 Å². The van der Waals surface area contributed by atoms with Crippen LogP contribution in [0.2, 0.25) is 0 Å². The first-order valence-corrected chi connectivity index (χ1v) is 9.42. The molecule has 1 aliphatic heterocycles. The number of amides is 1. The molecule has 1 unspecified atom stereocenters. The number of ether oxygens (including phenoxy) is 2. The molecular formula is C22H28N2O3. The highest BCUT2D eigenvalue weighted by Crippen LogP contribution is 2.30. The first kappa shape index (κ1) is 19.2. The minimum Gasteiger partial charge on any atom is -0.496 e. The van der Waals surface area contributed by atoms with E-state index in [0.29, 0.717) is 36.2 Å². The second-order valence-electron chi connectivity index (χ2n) is 6.91. The van der Waals surface area contributed by atoms with Gasteiger partial charge in [0.25, 0.3) is 5.91 Å². The average Bonchev–Trinajstić information content (AvgIpc) is 2.72. The normalized spacial score (nSPS) is 17.6. The van der Waals surface area contributed by atoms with Gasteiger partial charge in [-0.25, -0.2) is 0 Å². The summed E-state index contributed by atoms with van der Waals surface area (Å²) >= 11 is 0. The van der Waals surface area contributed by atoms with Gasteiger partial charge in [0.2, 0.25) is 0 Å². The Balaban J connectivity index is 1.65. The van der Waals surface area contributed by atoms with Crippen molar-refractivity contribution in [2.45, 2.75) is 19.4 Å². The molecule has 0 bridgehead atoms. The monoisotopic (exact) mass is 368 g/mol. The zero-order valence-electron chi connectivity index (χ0n) is 16.4. The van der Waals surface area contributed by atoms with Crippen LogP contribution in [-0.2, 0) is 6.42 Å². The molecule has 1 atom stereocenters. The molecule has 1 aliphatic rings. The number of rotatable bonds is 6. The lowest BCUT2D eigenvalue weighted by Crippen LogP contribution is -2.54. The summed E-state index contributed by atoms with van der Waals surface area (Å²) in [4.78, 5) is 17.5. The summed E-state index contributed by atoms with van der Waals surface area (Å²) in [6.07, 6.45) is 1.03. The summed E-state index contributed by atoms with van der Waals surface area (Å²) in [5, 5.41) is 0. The van der Waals surface area contributed by atoms with Gasteiger partial charge in [0, 0.05) is 32.2 Å². The summed E-state index contributed by atoms with van der Waals surface area (Å²) in [6, 6.07) is 16.3. The molecule has 1 heterocycles. The lowest BCUT2D eigenvalue weighted by Gasteiger charge is -2.40. The third-order valence-electron chi connectivity index (χ3n) is 5.22. The van der Waals surface area contributed by atoms with Crippen molar-refractivity contribution < 1.29 is 14.3 Å². The Hall–Kier alpha value is -2.53. The second-order valence-corrected chi connectivity index (χ2v) is 6.91. The van der Waals surface area contributed by atoms with Gasteiger partial charge >= 0.3 is 0 Å². The molecule has 1 amide bonds.